The topological polar surface area (TPSA) is 75.9 Å². The third-order valence-corrected chi connectivity index (χ3v) is 5.90. The lowest BCUT2D eigenvalue weighted by atomic mass is 9.94. The minimum absolute atomic E-state index is 0.0341. The number of pyridine rings is 1. The molecule has 154 valence electrons. The van der Waals surface area contributed by atoms with Crippen molar-refractivity contribution in [1.29, 1.82) is 0 Å². The number of carbonyl (C=O) groups is 1. The molecule has 1 aliphatic heterocycles. The van der Waals surface area contributed by atoms with Gasteiger partial charge in [0.1, 0.15) is 5.82 Å². The summed E-state index contributed by atoms with van der Waals surface area (Å²) in [4.78, 5) is 18.9. The summed E-state index contributed by atoms with van der Waals surface area (Å²) in [6.07, 6.45) is 14.0. The molecule has 1 N–H and O–H groups in total. The molecule has 2 aliphatic rings. The second-order valence-corrected chi connectivity index (χ2v) is 8.02. The van der Waals surface area contributed by atoms with Crippen LogP contribution in [0.2, 0.25) is 0 Å². The van der Waals surface area contributed by atoms with Gasteiger partial charge < -0.3 is 14.8 Å². The Hall–Kier alpha value is -2.54. The fourth-order valence-corrected chi connectivity index (χ4v) is 4.20. The van der Waals surface area contributed by atoms with E-state index >= 15 is 0 Å². The molecule has 0 bridgehead atoms. The molecule has 1 amide bonds. The van der Waals surface area contributed by atoms with Crippen LogP contribution >= 0.6 is 0 Å². The van der Waals surface area contributed by atoms with Crippen LogP contribution in [0.3, 0.4) is 0 Å². The molecule has 1 atom stereocenters. The van der Waals surface area contributed by atoms with E-state index in [-0.39, 0.29) is 5.91 Å². The third kappa shape index (κ3) is 5.50. The summed E-state index contributed by atoms with van der Waals surface area (Å²) < 4.78 is 2.20. The predicted octanol–water partition coefficient (Wildman–Crippen LogP) is 2.14. The Morgan fingerprint density at radius 1 is 1.21 bits per heavy atom. The zero-order valence-corrected chi connectivity index (χ0v) is 17.0. The van der Waals surface area contributed by atoms with E-state index in [0.29, 0.717) is 19.4 Å². The summed E-state index contributed by atoms with van der Waals surface area (Å²) in [5, 5.41) is 11.7. The van der Waals surface area contributed by atoms with Crippen LogP contribution in [0.4, 0.5) is 0 Å². The highest BCUT2D eigenvalue weighted by Crippen LogP contribution is 2.20. The quantitative estimate of drug-likeness (QED) is 0.728. The molecule has 2 aromatic heterocycles. The van der Waals surface area contributed by atoms with Gasteiger partial charge in [0.2, 0.25) is 5.91 Å². The summed E-state index contributed by atoms with van der Waals surface area (Å²) in [6.45, 7) is 4.56. The van der Waals surface area contributed by atoms with Crippen LogP contribution in [0.25, 0.3) is 0 Å². The lowest BCUT2D eigenvalue weighted by Crippen LogP contribution is -2.33. The summed E-state index contributed by atoms with van der Waals surface area (Å²) in [5.74, 6) is 2.71. The minimum atomic E-state index is 0.0341. The van der Waals surface area contributed by atoms with Crippen molar-refractivity contribution < 1.29 is 4.79 Å². The standard InChI is InChI=1S/C22H30N6O/c29-22(9-8-18-7-4-11-23-15-18)24-16-21-26-25-20-10-12-27(13-14-28(20)21)17-19-5-2-1-3-6-19/h1-2,4,7,11,15,19H,3,5-6,8-10,12-14,16-17H2,(H,24,29). The van der Waals surface area contributed by atoms with E-state index in [2.05, 4.69) is 42.1 Å². The lowest BCUT2D eigenvalue weighted by Gasteiger charge is -2.26. The van der Waals surface area contributed by atoms with Crippen LogP contribution in [0.1, 0.15) is 42.9 Å². The van der Waals surface area contributed by atoms with Gasteiger partial charge in [0.05, 0.1) is 6.54 Å². The molecule has 0 spiro atoms. The molecule has 29 heavy (non-hydrogen) atoms. The van der Waals surface area contributed by atoms with Gasteiger partial charge >= 0.3 is 0 Å². The van der Waals surface area contributed by atoms with Gasteiger partial charge in [-0.3, -0.25) is 9.78 Å². The SMILES string of the molecule is O=C(CCc1cccnc1)NCc1nnc2n1CCN(CC1CC=CCC1)CC2. The Labute approximate surface area is 172 Å². The van der Waals surface area contributed by atoms with Crippen LogP contribution in [-0.4, -0.2) is 50.2 Å². The molecule has 0 saturated carbocycles. The molecule has 7 nitrogen and oxygen atoms in total. The van der Waals surface area contributed by atoms with Crippen LogP contribution in [0, 0.1) is 5.92 Å². The Morgan fingerprint density at radius 3 is 3.00 bits per heavy atom. The Morgan fingerprint density at radius 2 is 2.17 bits per heavy atom. The third-order valence-electron chi connectivity index (χ3n) is 5.90. The van der Waals surface area contributed by atoms with Gasteiger partial charge in [-0.15, -0.1) is 10.2 Å². The van der Waals surface area contributed by atoms with Crippen molar-refractivity contribution in [3.8, 4) is 0 Å². The van der Waals surface area contributed by atoms with Crippen molar-refractivity contribution in [2.75, 3.05) is 19.6 Å². The first-order valence-corrected chi connectivity index (χ1v) is 10.7. The average Bonchev–Trinajstić information content (AvgIpc) is 3.05. The highest BCUT2D eigenvalue weighted by molar-refractivity contribution is 5.76. The summed E-state index contributed by atoms with van der Waals surface area (Å²) >= 11 is 0. The number of aryl methyl sites for hydroxylation is 1. The zero-order valence-electron chi connectivity index (χ0n) is 17.0. The van der Waals surface area contributed by atoms with E-state index in [0.717, 1.165) is 49.2 Å². The van der Waals surface area contributed by atoms with Crippen molar-refractivity contribution in [2.45, 2.75) is 51.6 Å². The Kier molecular flexibility index (Phi) is 6.67. The minimum Gasteiger partial charge on any atom is -0.349 e. The largest absolute Gasteiger partial charge is 0.349 e. The maximum Gasteiger partial charge on any atom is 0.220 e. The van der Waals surface area contributed by atoms with Gasteiger partial charge in [-0.1, -0.05) is 18.2 Å². The van der Waals surface area contributed by atoms with Gasteiger partial charge in [0.15, 0.2) is 5.82 Å². The first-order chi connectivity index (χ1) is 14.3. The fraction of sp³-hybridized carbons (Fsp3) is 0.545. The van der Waals surface area contributed by atoms with Crippen molar-refractivity contribution in [3.05, 3.63) is 53.9 Å². The van der Waals surface area contributed by atoms with Gasteiger partial charge in [0.25, 0.3) is 0 Å². The molecule has 0 radical (unpaired) electrons. The Bertz CT molecular complexity index is 831. The second-order valence-electron chi connectivity index (χ2n) is 8.02. The molecular formula is C22H30N6O. The zero-order chi connectivity index (χ0) is 19.9. The smallest absolute Gasteiger partial charge is 0.220 e. The average molecular weight is 395 g/mol. The second kappa shape index (κ2) is 9.78. The van der Waals surface area contributed by atoms with E-state index in [9.17, 15) is 4.79 Å². The number of hydrogen-bond acceptors (Lipinski definition) is 5. The summed E-state index contributed by atoms with van der Waals surface area (Å²) in [5.41, 5.74) is 1.08. The first-order valence-electron chi connectivity index (χ1n) is 10.7. The maximum absolute atomic E-state index is 12.2. The molecule has 1 aliphatic carbocycles. The Balaban J connectivity index is 1.25. The number of amides is 1. The number of hydrogen-bond donors (Lipinski definition) is 1. The lowest BCUT2D eigenvalue weighted by molar-refractivity contribution is -0.121. The molecule has 0 aromatic carbocycles. The molecule has 7 heteroatoms. The van der Waals surface area contributed by atoms with E-state index in [1.807, 2.05) is 12.1 Å². The molecule has 0 saturated heterocycles. The monoisotopic (exact) mass is 394 g/mol. The van der Waals surface area contributed by atoms with Gasteiger partial charge in [-0.05, 0) is 43.2 Å². The van der Waals surface area contributed by atoms with E-state index in [1.165, 1.54) is 25.8 Å². The molecule has 2 aromatic rings. The van der Waals surface area contributed by atoms with Crippen LogP contribution < -0.4 is 5.32 Å². The van der Waals surface area contributed by atoms with E-state index < -0.39 is 0 Å². The number of nitrogens with one attached hydrogen (secondary N) is 1. The van der Waals surface area contributed by atoms with Crippen molar-refractivity contribution in [3.63, 3.8) is 0 Å². The van der Waals surface area contributed by atoms with Crippen LogP contribution in [0.5, 0.6) is 0 Å². The van der Waals surface area contributed by atoms with Crippen LogP contribution in [-0.2, 0) is 30.7 Å². The van der Waals surface area contributed by atoms with Crippen molar-refractivity contribution in [1.82, 2.24) is 30.0 Å². The van der Waals surface area contributed by atoms with Gasteiger partial charge in [-0.2, -0.15) is 0 Å². The molecule has 1 unspecified atom stereocenters. The molecular weight excluding hydrogens is 364 g/mol. The van der Waals surface area contributed by atoms with E-state index in [4.69, 9.17) is 0 Å². The molecule has 0 fully saturated rings. The summed E-state index contributed by atoms with van der Waals surface area (Å²) in [6, 6.07) is 3.89. The number of carbonyl (C=O) groups excluding carboxylic acids is 1. The number of aromatic nitrogens is 4. The normalized spacial score (nSPS) is 19.5. The predicted molar refractivity (Wildman–Crippen MR) is 111 cm³/mol. The van der Waals surface area contributed by atoms with E-state index in [1.54, 1.807) is 12.4 Å². The van der Waals surface area contributed by atoms with Crippen LogP contribution in [0.15, 0.2) is 36.7 Å². The highest BCUT2D eigenvalue weighted by Gasteiger charge is 2.21. The summed E-state index contributed by atoms with van der Waals surface area (Å²) in [7, 11) is 0. The maximum atomic E-state index is 12.2. The number of allylic oxidation sites excluding steroid dienone is 2. The van der Waals surface area contributed by atoms with Gasteiger partial charge in [-0.25, -0.2) is 0 Å². The van der Waals surface area contributed by atoms with Crippen molar-refractivity contribution in [2.24, 2.45) is 5.92 Å². The van der Waals surface area contributed by atoms with Crippen molar-refractivity contribution >= 4 is 5.91 Å². The molecule has 4 rings (SSSR count). The first kappa shape index (κ1) is 19.8. The fourth-order valence-electron chi connectivity index (χ4n) is 4.20. The highest BCUT2D eigenvalue weighted by atomic mass is 16.1. The van der Waals surface area contributed by atoms with Gasteiger partial charge in [0, 0.05) is 51.4 Å². The molecule has 3 heterocycles. The number of nitrogens with zero attached hydrogens (tertiary/aromatic N) is 5. The number of rotatable bonds is 7. The number of fused-ring (bicyclic) bond motifs is 1.